The number of aryl methyl sites for hydroxylation is 1. The van der Waals surface area contributed by atoms with Crippen molar-refractivity contribution in [1.29, 1.82) is 0 Å². The lowest BCUT2D eigenvalue weighted by atomic mass is 10.2. The van der Waals surface area contributed by atoms with Gasteiger partial charge in [0.1, 0.15) is 17.5 Å². The molecule has 0 radical (unpaired) electrons. The topological polar surface area (TPSA) is 90.0 Å². The first-order valence-electron chi connectivity index (χ1n) is 11.4. The molecule has 1 amide bonds. The summed E-state index contributed by atoms with van der Waals surface area (Å²) in [7, 11) is 0. The van der Waals surface area contributed by atoms with E-state index in [0.29, 0.717) is 19.4 Å². The number of carbonyl (C=O) groups excluding carboxylic acids is 1. The van der Waals surface area contributed by atoms with Crippen LogP contribution in [-0.4, -0.2) is 52.0 Å². The normalized spacial score (nSPS) is 13.9. The van der Waals surface area contributed by atoms with Crippen LogP contribution < -0.4 is 15.1 Å². The Bertz CT molecular complexity index is 1230. The van der Waals surface area contributed by atoms with Gasteiger partial charge >= 0.3 is 0 Å². The number of rotatable bonds is 7. The number of pyridine rings is 2. The second-order valence-corrected chi connectivity index (χ2v) is 8.33. The number of hydrogen-bond acceptors (Lipinski definition) is 6. The molecule has 1 aromatic carbocycles. The van der Waals surface area contributed by atoms with E-state index in [2.05, 4.69) is 35.1 Å². The van der Waals surface area contributed by atoms with Gasteiger partial charge in [0.15, 0.2) is 0 Å². The molecule has 5 rings (SSSR count). The minimum atomic E-state index is -0.220. The molecule has 9 heteroatoms. The average Bonchev–Trinajstić information content (AvgIpc) is 3.30. The van der Waals surface area contributed by atoms with Crippen LogP contribution in [0.5, 0.6) is 0 Å². The molecule has 0 atom stereocenters. The number of nitrogens with one attached hydrogen (secondary N) is 2. The second kappa shape index (κ2) is 9.86. The smallest absolute Gasteiger partial charge is 0.220 e. The third-order valence-electron chi connectivity index (χ3n) is 6.02. The van der Waals surface area contributed by atoms with E-state index < -0.39 is 0 Å². The number of anilines is 2. The molecule has 1 fully saturated rings. The van der Waals surface area contributed by atoms with Crippen molar-refractivity contribution in [1.82, 2.24) is 25.3 Å². The zero-order valence-corrected chi connectivity index (χ0v) is 18.7. The molecule has 1 saturated heterocycles. The summed E-state index contributed by atoms with van der Waals surface area (Å²) >= 11 is 0. The zero-order chi connectivity index (χ0) is 23.3. The average molecular weight is 460 g/mol. The molecule has 1 aliphatic heterocycles. The summed E-state index contributed by atoms with van der Waals surface area (Å²) in [5.74, 6) is 1.44. The van der Waals surface area contributed by atoms with E-state index in [0.717, 1.165) is 60.1 Å². The predicted octanol–water partition coefficient (Wildman–Crippen LogP) is 3.07. The van der Waals surface area contributed by atoms with Crippen molar-refractivity contribution in [2.75, 3.05) is 36.0 Å². The van der Waals surface area contributed by atoms with Crippen LogP contribution in [0.2, 0.25) is 0 Å². The molecular weight excluding hydrogens is 433 g/mol. The molecule has 174 valence electrons. The molecule has 0 bridgehead atoms. The predicted molar refractivity (Wildman–Crippen MR) is 129 cm³/mol. The van der Waals surface area contributed by atoms with E-state index in [1.165, 1.54) is 12.1 Å². The van der Waals surface area contributed by atoms with Gasteiger partial charge in [-0.25, -0.2) is 14.4 Å². The fourth-order valence-electron chi connectivity index (χ4n) is 4.14. The monoisotopic (exact) mass is 459 g/mol. The van der Waals surface area contributed by atoms with Gasteiger partial charge in [-0.1, -0.05) is 0 Å². The Morgan fingerprint density at radius 3 is 2.62 bits per heavy atom. The minimum absolute atomic E-state index is 0.0233. The molecule has 4 heterocycles. The molecule has 1 aliphatic rings. The van der Waals surface area contributed by atoms with Gasteiger partial charge in [0, 0.05) is 63.6 Å². The van der Waals surface area contributed by atoms with Gasteiger partial charge in [-0.05, 0) is 48.0 Å². The molecule has 8 nitrogen and oxygen atoms in total. The number of nitrogens with zero attached hydrogens (tertiary/aromatic N) is 5. The van der Waals surface area contributed by atoms with E-state index >= 15 is 0 Å². The maximum Gasteiger partial charge on any atom is 0.220 e. The molecule has 3 aromatic heterocycles. The van der Waals surface area contributed by atoms with Crippen molar-refractivity contribution in [3.05, 3.63) is 78.3 Å². The van der Waals surface area contributed by atoms with Gasteiger partial charge in [0.2, 0.25) is 5.91 Å². The number of piperazine rings is 1. The Balaban J connectivity index is 1.11. The van der Waals surface area contributed by atoms with Crippen molar-refractivity contribution >= 4 is 28.4 Å². The third kappa shape index (κ3) is 5.14. The largest absolute Gasteiger partial charge is 0.368 e. The molecular formula is C25H26FN7O. The van der Waals surface area contributed by atoms with Gasteiger partial charge in [-0.2, -0.15) is 0 Å². The molecule has 0 saturated carbocycles. The first kappa shape index (κ1) is 21.8. The SMILES string of the molecule is O=C(CCc1nc2ccncc2[nH]1)NCc1ccnc(N2CCN(c3ccc(F)cc3)CC2)c1. The van der Waals surface area contributed by atoms with E-state index in [-0.39, 0.29) is 11.7 Å². The van der Waals surface area contributed by atoms with Crippen molar-refractivity contribution in [2.24, 2.45) is 0 Å². The molecule has 34 heavy (non-hydrogen) atoms. The lowest BCUT2D eigenvalue weighted by molar-refractivity contribution is -0.121. The molecule has 0 spiro atoms. The molecule has 2 N–H and O–H groups in total. The Morgan fingerprint density at radius 2 is 1.82 bits per heavy atom. The number of aromatic nitrogens is 4. The summed E-state index contributed by atoms with van der Waals surface area (Å²) in [5, 5.41) is 2.99. The Labute approximate surface area is 196 Å². The molecule has 0 aliphatic carbocycles. The number of halogens is 1. The van der Waals surface area contributed by atoms with Gasteiger partial charge in [-0.15, -0.1) is 0 Å². The van der Waals surface area contributed by atoms with Crippen molar-refractivity contribution < 1.29 is 9.18 Å². The van der Waals surface area contributed by atoms with Gasteiger partial charge in [0.05, 0.1) is 17.2 Å². The van der Waals surface area contributed by atoms with Crippen LogP contribution in [0.15, 0.2) is 61.1 Å². The molecule has 4 aromatic rings. The first-order chi connectivity index (χ1) is 16.6. The van der Waals surface area contributed by atoms with E-state index in [4.69, 9.17) is 0 Å². The van der Waals surface area contributed by atoms with Crippen LogP contribution in [0.25, 0.3) is 11.0 Å². The van der Waals surface area contributed by atoms with Gasteiger partial charge in [-0.3, -0.25) is 9.78 Å². The fourth-order valence-corrected chi connectivity index (χ4v) is 4.14. The minimum Gasteiger partial charge on any atom is -0.368 e. The van der Waals surface area contributed by atoms with E-state index in [1.807, 2.05) is 30.3 Å². The lowest BCUT2D eigenvalue weighted by Gasteiger charge is -2.36. The standard InChI is InChI=1S/C25H26FN7O/c26-19-1-3-20(4-2-19)32-11-13-33(14-12-32)24-15-18(7-10-28-24)16-29-25(34)6-5-23-30-21-8-9-27-17-22(21)31-23/h1-4,7-10,15,17H,5-6,11-14,16H2,(H,29,34)(H,30,31). The van der Waals surface area contributed by atoms with Crippen LogP contribution in [0.4, 0.5) is 15.9 Å². The number of benzene rings is 1. The number of H-pyrrole nitrogens is 1. The highest BCUT2D eigenvalue weighted by molar-refractivity contribution is 5.77. The maximum atomic E-state index is 13.2. The van der Waals surface area contributed by atoms with Crippen LogP contribution in [-0.2, 0) is 17.8 Å². The van der Waals surface area contributed by atoms with Gasteiger partial charge in [0.25, 0.3) is 0 Å². The van der Waals surface area contributed by atoms with Crippen LogP contribution in [0.1, 0.15) is 17.8 Å². The zero-order valence-electron chi connectivity index (χ0n) is 18.7. The number of fused-ring (bicyclic) bond motifs is 1. The quantitative estimate of drug-likeness (QED) is 0.442. The lowest BCUT2D eigenvalue weighted by Crippen LogP contribution is -2.46. The second-order valence-electron chi connectivity index (χ2n) is 8.33. The fraction of sp³-hybridized carbons (Fsp3) is 0.280. The highest BCUT2D eigenvalue weighted by atomic mass is 19.1. The van der Waals surface area contributed by atoms with Crippen LogP contribution in [0, 0.1) is 5.82 Å². The molecule has 0 unspecified atom stereocenters. The third-order valence-corrected chi connectivity index (χ3v) is 6.02. The summed E-state index contributed by atoms with van der Waals surface area (Å²) in [6, 6.07) is 12.4. The summed E-state index contributed by atoms with van der Waals surface area (Å²) in [6.45, 7) is 3.78. The van der Waals surface area contributed by atoms with Gasteiger partial charge < -0.3 is 20.1 Å². The number of imidazole rings is 1. The van der Waals surface area contributed by atoms with E-state index in [1.54, 1.807) is 18.6 Å². The highest BCUT2D eigenvalue weighted by Crippen LogP contribution is 2.20. The van der Waals surface area contributed by atoms with Crippen molar-refractivity contribution in [3.8, 4) is 0 Å². The summed E-state index contributed by atoms with van der Waals surface area (Å²) in [4.78, 5) is 33.1. The van der Waals surface area contributed by atoms with Crippen molar-refractivity contribution in [3.63, 3.8) is 0 Å². The first-order valence-corrected chi connectivity index (χ1v) is 11.4. The Hall–Kier alpha value is -4.01. The number of aromatic amines is 1. The van der Waals surface area contributed by atoms with Crippen LogP contribution in [0.3, 0.4) is 0 Å². The Kier molecular flexibility index (Phi) is 6.33. The maximum absolute atomic E-state index is 13.2. The highest BCUT2D eigenvalue weighted by Gasteiger charge is 2.18. The summed E-state index contributed by atoms with van der Waals surface area (Å²) < 4.78 is 13.2. The van der Waals surface area contributed by atoms with Crippen LogP contribution >= 0.6 is 0 Å². The summed E-state index contributed by atoms with van der Waals surface area (Å²) in [6.07, 6.45) is 6.12. The number of hydrogen-bond donors (Lipinski definition) is 2. The van der Waals surface area contributed by atoms with E-state index in [9.17, 15) is 9.18 Å². The number of carbonyl (C=O) groups is 1. The van der Waals surface area contributed by atoms with Crippen molar-refractivity contribution in [2.45, 2.75) is 19.4 Å². The summed E-state index contributed by atoms with van der Waals surface area (Å²) in [5.41, 5.74) is 3.77. The Morgan fingerprint density at radius 1 is 1.03 bits per heavy atom. The number of amides is 1.